The number of nitrogens with one attached hydrogen (secondary N) is 2. The third-order valence-corrected chi connectivity index (χ3v) is 4.34. The van der Waals surface area contributed by atoms with Crippen LogP contribution in [0.1, 0.15) is 33.0 Å². The molecule has 0 bridgehead atoms. The molecule has 0 spiro atoms. The highest BCUT2D eigenvalue weighted by atomic mass is 127. The molecule has 0 aliphatic carbocycles. The number of hydrogen-bond donors (Lipinski definition) is 3. The second kappa shape index (κ2) is 12.7. The van der Waals surface area contributed by atoms with Gasteiger partial charge in [-0.3, -0.25) is 0 Å². The summed E-state index contributed by atoms with van der Waals surface area (Å²) in [6.45, 7) is 9.64. The summed E-state index contributed by atoms with van der Waals surface area (Å²) >= 11 is 0. The van der Waals surface area contributed by atoms with Gasteiger partial charge in [-0.1, -0.05) is 18.2 Å². The summed E-state index contributed by atoms with van der Waals surface area (Å²) in [6.07, 6.45) is 2.55. The van der Waals surface area contributed by atoms with Crippen molar-refractivity contribution >= 4 is 35.6 Å². The van der Waals surface area contributed by atoms with Crippen LogP contribution < -0.4 is 15.5 Å². The second-order valence-electron chi connectivity index (χ2n) is 6.64. The lowest BCUT2D eigenvalue weighted by Crippen LogP contribution is -2.40. The van der Waals surface area contributed by atoms with Crippen LogP contribution in [0.3, 0.4) is 0 Å². The van der Waals surface area contributed by atoms with Crippen LogP contribution in [0.4, 0.5) is 5.69 Å². The molecule has 6 nitrogen and oxygen atoms in total. The van der Waals surface area contributed by atoms with Crippen molar-refractivity contribution in [1.82, 2.24) is 10.6 Å². The average molecular weight is 500 g/mol. The lowest BCUT2D eigenvalue weighted by molar-refractivity contribution is 0.0437. The fourth-order valence-electron chi connectivity index (χ4n) is 2.82. The van der Waals surface area contributed by atoms with Gasteiger partial charge in [0, 0.05) is 31.9 Å². The molecule has 0 aliphatic rings. The molecule has 0 saturated carbocycles. The Hall–Kier alpha value is -1.74. The molecular formula is C21H33IN4O2. The van der Waals surface area contributed by atoms with E-state index in [1.54, 1.807) is 25.3 Å². The predicted molar refractivity (Wildman–Crippen MR) is 127 cm³/mol. The summed E-state index contributed by atoms with van der Waals surface area (Å²) in [4.78, 5) is 6.86. The van der Waals surface area contributed by atoms with E-state index in [1.807, 2.05) is 13.0 Å². The van der Waals surface area contributed by atoms with Crippen molar-refractivity contribution < 1.29 is 9.52 Å². The second-order valence-corrected chi connectivity index (χ2v) is 6.64. The van der Waals surface area contributed by atoms with Crippen molar-refractivity contribution in [3.8, 4) is 0 Å². The van der Waals surface area contributed by atoms with Gasteiger partial charge in [0.05, 0.1) is 12.8 Å². The highest BCUT2D eigenvalue weighted by Gasteiger charge is 2.26. The molecule has 0 saturated heterocycles. The molecule has 1 atom stereocenters. The van der Waals surface area contributed by atoms with Crippen molar-refractivity contribution in [3.63, 3.8) is 0 Å². The summed E-state index contributed by atoms with van der Waals surface area (Å²) in [5.41, 5.74) is 0.119. The van der Waals surface area contributed by atoms with E-state index in [0.717, 1.165) is 32.6 Å². The van der Waals surface area contributed by atoms with E-state index in [0.29, 0.717) is 11.7 Å². The molecular weight excluding hydrogens is 467 g/mol. The van der Waals surface area contributed by atoms with Crippen LogP contribution in [-0.4, -0.2) is 43.8 Å². The summed E-state index contributed by atoms with van der Waals surface area (Å²) < 4.78 is 5.30. The molecule has 0 aliphatic heterocycles. The maximum absolute atomic E-state index is 10.5. The molecule has 0 fully saturated rings. The Morgan fingerprint density at radius 3 is 2.50 bits per heavy atom. The molecule has 0 radical (unpaired) electrons. The van der Waals surface area contributed by atoms with Crippen LogP contribution in [0.25, 0.3) is 0 Å². The number of aliphatic hydroxyl groups is 1. The van der Waals surface area contributed by atoms with Gasteiger partial charge in [-0.05, 0) is 51.5 Å². The Morgan fingerprint density at radius 2 is 1.89 bits per heavy atom. The normalized spacial score (nSPS) is 13.4. The van der Waals surface area contributed by atoms with Crippen LogP contribution in [0, 0.1) is 0 Å². The maximum atomic E-state index is 10.5. The van der Waals surface area contributed by atoms with E-state index >= 15 is 0 Å². The quantitative estimate of drug-likeness (QED) is 0.201. The van der Waals surface area contributed by atoms with Gasteiger partial charge in [0.15, 0.2) is 5.96 Å². The van der Waals surface area contributed by atoms with E-state index in [1.165, 1.54) is 5.69 Å². The van der Waals surface area contributed by atoms with Crippen LogP contribution in [0.2, 0.25) is 0 Å². The molecule has 156 valence electrons. The Balaban J connectivity index is 0.00000392. The lowest BCUT2D eigenvalue weighted by Gasteiger charge is -2.23. The fourth-order valence-corrected chi connectivity index (χ4v) is 2.82. The van der Waals surface area contributed by atoms with Crippen LogP contribution >= 0.6 is 24.0 Å². The van der Waals surface area contributed by atoms with Gasteiger partial charge in [-0.25, -0.2) is 4.99 Å². The number of nitrogens with zero attached hydrogens (tertiary/aromatic N) is 2. The third-order valence-electron chi connectivity index (χ3n) is 4.34. The largest absolute Gasteiger partial charge is 0.466 e. The average Bonchev–Trinajstić information content (AvgIpc) is 3.22. The zero-order valence-corrected chi connectivity index (χ0v) is 19.3. The van der Waals surface area contributed by atoms with Gasteiger partial charge in [-0.2, -0.15) is 0 Å². The number of guanidine groups is 1. The van der Waals surface area contributed by atoms with Gasteiger partial charge in [0.25, 0.3) is 0 Å². The van der Waals surface area contributed by atoms with Crippen LogP contribution in [0.15, 0.2) is 58.1 Å². The summed E-state index contributed by atoms with van der Waals surface area (Å²) in [7, 11) is 0. The number of benzene rings is 1. The molecule has 1 unspecified atom stereocenters. The van der Waals surface area contributed by atoms with Crippen molar-refractivity contribution in [1.29, 1.82) is 0 Å². The summed E-state index contributed by atoms with van der Waals surface area (Å²) in [5.74, 6) is 1.22. The number of furan rings is 1. The molecule has 7 heteroatoms. The summed E-state index contributed by atoms with van der Waals surface area (Å²) in [5, 5.41) is 17.1. The maximum Gasteiger partial charge on any atom is 0.191 e. The van der Waals surface area contributed by atoms with Crippen LogP contribution in [-0.2, 0) is 5.60 Å². The Labute approximate surface area is 185 Å². The minimum Gasteiger partial charge on any atom is -0.466 e. The molecule has 1 heterocycles. The van der Waals surface area contributed by atoms with Crippen molar-refractivity contribution in [2.75, 3.05) is 37.6 Å². The SMILES string of the molecule is CCNC(=NCC(C)(O)c1ccco1)NCCCN(CC)c1ccccc1.I. The molecule has 2 rings (SSSR count). The zero-order valence-electron chi connectivity index (χ0n) is 17.0. The zero-order chi connectivity index (χ0) is 19.5. The number of hydrogen-bond acceptors (Lipinski definition) is 4. The first kappa shape index (κ1) is 24.3. The Kier molecular flexibility index (Phi) is 11.0. The third kappa shape index (κ3) is 7.71. The molecule has 0 amide bonds. The van der Waals surface area contributed by atoms with Gasteiger partial charge < -0.3 is 25.1 Å². The standard InChI is InChI=1S/C21H32N4O2.HI/c1-4-22-20(24-17-21(3,26)19-13-9-16-27-19)23-14-10-15-25(5-2)18-11-7-6-8-12-18;/h6-9,11-13,16,26H,4-5,10,14-15,17H2,1-3H3,(H2,22,23,24);1H. The highest BCUT2D eigenvalue weighted by Crippen LogP contribution is 2.21. The van der Waals surface area contributed by atoms with Gasteiger partial charge in [-0.15, -0.1) is 24.0 Å². The minimum absolute atomic E-state index is 0. The first-order valence-corrected chi connectivity index (χ1v) is 9.65. The predicted octanol–water partition coefficient (Wildman–Crippen LogP) is 3.58. The van der Waals surface area contributed by atoms with Crippen LogP contribution in [0.5, 0.6) is 0 Å². The fraction of sp³-hybridized carbons (Fsp3) is 0.476. The highest BCUT2D eigenvalue weighted by molar-refractivity contribution is 14.0. The van der Waals surface area contributed by atoms with E-state index < -0.39 is 5.60 Å². The number of aliphatic imine (C=N–C) groups is 1. The Bertz CT molecular complexity index is 675. The van der Waals surface area contributed by atoms with E-state index in [-0.39, 0.29) is 30.5 Å². The van der Waals surface area contributed by atoms with Crippen molar-refractivity contribution in [3.05, 3.63) is 54.5 Å². The lowest BCUT2D eigenvalue weighted by atomic mass is 10.0. The monoisotopic (exact) mass is 500 g/mol. The van der Waals surface area contributed by atoms with E-state index in [9.17, 15) is 5.11 Å². The summed E-state index contributed by atoms with van der Waals surface area (Å²) in [6, 6.07) is 14.0. The van der Waals surface area contributed by atoms with E-state index in [2.05, 4.69) is 51.7 Å². The number of halogens is 1. The topological polar surface area (TPSA) is 73.0 Å². The number of rotatable bonds is 10. The molecule has 1 aromatic carbocycles. The smallest absolute Gasteiger partial charge is 0.191 e. The molecule has 28 heavy (non-hydrogen) atoms. The number of anilines is 1. The molecule has 1 aromatic heterocycles. The van der Waals surface area contributed by atoms with Gasteiger partial charge in [0.2, 0.25) is 0 Å². The van der Waals surface area contributed by atoms with Gasteiger partial charge in [0.1, 0.15) is 11.4 Å². The first-order valence-electron chi connectivity index (χ1n) is 9.65. The molecule has 2 aromatic rings. The van der Waals surface area contributed by atoms with Crippen molar-refractivity contribution in [2.45, 2.75) is 32.8 Å². The minimum atomic E-state index is -1.13. The van der Waals surface area contributed by atoms with Crippen molar-refractivity contribution in [2.24, 2.45) is 4.99 Å². The number of para-hydroxylation sites is 1. The Morgan fingerprint density at radius 1 is 1.14 bits per heavy atom. The first-order chi connectivity index (χ1) is 13.1. The van der Waals surface area contributed by atoms with Gasteiger partial charge >= 0.3 is 0 Å². The molecule has 3 N–H and O–H groups in total. The van der Waals surface area contributed by atoms with E-state index in [4.69, 9.17) is 4.42 Å².